The number of amides is 2. The van der Waals surface area contributed by atoms with Crippen molar-refractivity contribution in [1.29, 1.82) is 0 Å². The molecule has 2 amide bonds. The van der Waals surface area contributed by atoms with E-state index in [0.717, 1.165) is 5.56 Å². The summed E-state index contributed by atoms with van der Waals surface area (Å²) in [5, 5.41) is 8.63. The number of rotatable bonds is 2. The lowest BCUT2D eigenvalue weighted by Gasteiger charge is -2.10. The van der Waals surface area contributed by atoms with E-state index in [-0.39, 0.29) is 18.4 Å². The van der Waals surface area contributed by atoms with Crippen LogP contribution in [0.1, 0.15) is 5.56 Å². The maximum Gasteiger partial charge on any atom is 0.326 e. The van der Waals surface area contributed by atoms with Gasteiger partial charge in [0.05, 0.1) is 10.7 Å². The van der Waals surface area contributed by atoms with Crippen molar-refractivity contribution in [3.63, 3.8) is 0 Å². The molecule has 0 bridgehead atoms. The summed E-state index contributed by atoms with van der Waals surface area (Å²) in [4.78, 5) is 15.9. The van der Waals surface area contributed by atoms with Crippen LogP contribution in [0.2, 0.25) is 5.02 Å². The number of anilines is 1. The zero-order chi connectivity index (χ0) is 12.8. The predicted molar refractivity (Wildman–Crippen MR) is 74.2 cm³/mol. The minimum atomic E-state index is -0.542. The molecule has 1 aromatic rings. The van der Waals surface area contributed by atoms with Gasteiger partial charge < -0.3 is 15.9 Å². The standard InChI is InChI=1S/C10H13ClN4O2.ClH/c1-6-4-3-5-7(11)8(6)13-10(16)14-9(12)15-17-2;/h3-5H,1-2H3,(H4,12,13,14,15,16);1H. The summed E-state index contributed by atoms with van der Waals surface area (Å²) in [7, 11) is 1.32. The zero-order valence-corrected chi connectivity index (χ0v) is 11.4. The number of carbonyl (C=O) groups excluding carboxylic acids is 1. The Balaban J connectivity index is 0.00000289. The minimum Gasteiger partial charge on any atom is -0.396 e. The van der Waals surface area contributed by atoms with Gasteiger partial charge in [-0.05, 0) is 23.7 Å². The van der Waals surface area contributed by atoms with Crippen molar-refractivity contribution in [2.75, 3.05) is 12.4 Å². The van der Waals surface area contributed by atoms with Crippen LogP contribution < -0.4 is 16.4 Å². The van der Waals surface area contributed by atoms with E-state index >= 15 is 0 Å². The molecule has 0 saturated heterocycles. The fourth-order valence-electron chi connectivity index (χ4n) is 1.17. The number of guanidine groups is 1. The molecule has 0 unspecified atom stereocenters. The van der Waals surface area contributed by atoms with Gasteiger partial charge in [0.15, 0.2) is 0 Å². The highest BCUT2D eigenvalue weighted by molar-refractivity contribution is 6.34. The Morgan fingerprint density at radius 1 is 1.50 bits per heavy atom. The molecule has 0 aliphatic heterocycles. The van der Waals surface area contributed by atoms with Crippen LogP contribution in [0.5, 0.6) is 0 Å². The minimum absolute atomic E-state index is 0. The van der Waals surface area contributed by atoms with Gasteiger partial charge in [-0.3, -0.25) is 5.32 Å². The highest BCUT2D eigenvalue weighted by Crippen LogP contribution is 2.24. The summed E-state index contributed by atoms with van der Waals surface area (Å²) in [5.41, 5.74) is 6.70. The van der Waals surface area contributed by atoms with Crippen molar-refractivity contribution in [3.8, 4) is 0 Å². The van der Waals surface area contributed by atoms with Crippen LogP contribution in [0.4, 0.5) is 10.5 Å². The fraction of sp³-hybridized carbons (Fsp3) is 0.200. The normalized spacial score (nSPS) is 10.3. The molecule has 0 saturated carbocycles. The number of nitrogens with one attached hydrogen (secondary N) is 2. The number of benzene rings is 1. The lowest BCUT2D eigenvalue weighted by Crippen LogP contribution is -2.39. The van der Waals surface area contributed by atoms with Gasteiger partial charge >= 0.3 is 6.03 Å². The molecule has 0 fully saturated rings. The van der Waals surface area contributed by atoms with Gasteiger partial charge in [-0.15, -0.1) is 12.4 Å². The molecule has 1 rings (SSSR count). The first-order valence-corrected chi connectivity index (χ1v) is 5.12. The van der Waals surface area contributed by atoms with E-state index in [0.29, 0.717) is 10.7 Å². The van der Waals surface area contributed by atoms with E-state index in [1.807, 2.05) is 13.0 Å². The van der Waals surface area contributed by atoms with Crippen molar-refractivity contribution in [3.05, 3.63) is 28.8 Å². The highest BCUT2D eigenvalue weighted by Gasteiger charge is 2.08. The van der Waals surface area contributed by atoms with Gasteiger partial charge in [-0.1, -0.05) is 23.7 Å². The Kier molecular flexibility index (Phi) is 6.92. The monoisotopic (exact) mass is 292 g/mol. The van der Waals surface area contributed by atoms with Crippen LogP contribution in [-0.4, -0.2) is 19.1 Å². The Labute approximate surface area is 116 Å². The third kappa shape index (κ3) is 4.68. The summed E-state index contributed by atoms with van der Waals surface area (Å²) in [5.74, 6) is -0.144. The Hall–Kier alpha value is -1.66. The third-order valence-corrected chi connectivity index (χ3v) is 2.21. The molecule has 0 radical (unpaired) electrons. The second-order valence-corrected chi connectivity index (χ2v) is 3.58. The van der Waals surface area contributed by atoms with E-state index < -0.39 is 6.03 Å². The molecule has 8 heteroatoms. The van der Waals surface area contributed by atoms with Gasteiger partial charge in [-0.2, -0.15) is 0 Å². The van der Waals surface area contributed by atoms with Crippen LogP contribution in [0.15, 0.2) is 23.4 Å². The average molecular weight is 293 g/mol. The molecular formula is C10H14Cl2N4O2. The SMILES string of the molecule is CON=C(N)NC(=O)Nc1c(C)cccc1Cl.Cl. The lowest BCUT2D eigenvalue weighted by molar-refractivity contribution is 0.211. The van der Waals surface area contributed by atoms with E-state index in [4.69, 9.17) is 17.3 Å². The number of hydrogen-bond donors (Lipinski definition) is 3. The Bertz CT molecular complexity index is 431. The smallest absolute Gasteiger partial charge is 0.326 e. The molecular weight excluding hydrogens is 279 g/mol. The van der Waals surface area contributed by atoms with Crippen molar-refractivity contribution in [2.24, 2.45) is 10.9 Å². The molecule has 0 spiro atoms. The van der Waals surface area contributed by atoms with Crippen molar-refractivity contribution >= 4 is 41.7 Å². The molecule has 18 heavy (non-hydrogen) atoms. The zero-order valence-electron chi connectivity index (χ0n) is 9.86. The van der Waals surface area contributed by atoms with E-state index in [1.165, 1.54) is 7.11 Å². The first-order chi connectivity index (χ1) is 8.04. The van der Waals surface area contributed by atoms with Gasteiger partial charge in [-0.25, -0.2) is 4.79 Å². The number of oxime groups is 1. The van der Waals surface area contributed by atoms with Crippen LogP contribution >= 0.6 is 24.0 Å². The van der Waals surface area contributed by atoms with Crippen LogP contribution in [0, 0.1) is 6.92 Å². The van der Waals surface area contributed by atoms with Gasteiger partial charge in [0.2, 0.25) is 5.96 Å². The summed E-state index contributed by atoms with van der Waals surface area (Å²) in [6, 6.07) is 4.76. The fourth-order valence-corrected chi connectivity index (χ4v) is 1.44. The largest absolute Gasteiger partial charge is 0.396 e. The Morgan fingerprint density at radius 2 is 2.17 bits per heavy atom. The maximum atomic E-state index is 11.5. The van der Waals surface area contributed by atoms with Crippen LogP contribution in [-0.2, 0) is 4.84 Å². The second kappa shape index (κ2) is 7.62. The van der Waals surface area contributed by atoms with E-state index in [2.05, 4.69) is 20.6 Å². The molecule has 4 N–H and O–H groups in total. The lowest BCUT2D eigenvalue weighted by atomic mass is 10.2. The van der Waals surface area contributed by atoms with Crippen molar-refractivity contribution in [2.45, 2.75) is 6.92 Å². The van der Waals surface area contributed by atoms with Gasteiger partial charge in [0.1, 0.15) is 7.11 Å². The van der Waals surface area contributed by atoms with E-state index in [9.17, 15) is 4.79 Å². The second-order valence-electron chi connectivity index (χ2n) is 3.17. The van der Waals surface area contributed by atoms with Crippen molar-refractivity contribution < 1.29 is 9.63 Å². The number of halogens is 2. The average Bonchev–Trinajstić information content (AvgIpc) is 2.24. The van der Waals surface area contributed by atoms with Crippen LogP contribution in [0.3, 0.4) is 0 Å². The number of nitrogens with zero attached hydrogens (tertiary/aromatic N) is 1. The van der Waals surface area contributed by atoms with Crippen LogP contribution in [0.25, 0.3) is 0 Å². The molecule has 1 aromatic carbocycles. The quantitative estimate of drug-likeness (QED) is 0.443. The van der Waals surface area contributed by atoms with Crippen molar-refractivity contribution in [1.82, 2.24) is 5.32 Å². The van der Waals surface area contributed by atoms with Gasteiger partial charge in [0.25, 0.3) is 0 Å². The maximum absolute atomic E-state index is 11.5. The predicted octanol–water partition coefficient (Wildman–Crippen LogP) is 2.07. The number of carbonyl (C=O) groups is 1. The molecule has 6 nitrogen and oxygen atoms in total. The molecule has 0 aliphatic rings. The number of para-hydroxylation sites is 1. The summed E-state index contributed by atoms with van der Waals surface area (Å²) < 4.78 is 0. The molecule has 0 aromatic heterocycles. The third-order valence-electron chi connectivity index (χ3n) is 1.89. The topological polar surface area (TPSA) is 88.7 Å². The highest BCUT2D eigenvalue weighted by atomic mass is 35.5. The van der Waals surface area contributed by atoms with Gasteiger partial charge in [0, 0.05) is 0 Å². The molecule has 0 aliphatic carbocycles. The number of aryl methyl sites for hydroxylation is 1. The summed E-state index contributed by atoms with van der Waals surface area (Å²) in [6.07, 6.45) is 0. The molecule has 0 atom stereocenters. The first-order valence-electron chi connectivity index (χ1n) is 4.74. The molecule has 100 valence electrons. The Morgan fingerprint density at radius 3 is 2.72 bits per heavy atom. The number of urea groups is 1. The summed E-state index contributed by atoms with van der Waals surface area (Å²) in [6.45, 7) is 1.83. The first kappa shape index (κ1) is 16.3. The summed E-state index contributed by atoms with van der Waals surface area (Å²) >= 11 is 5.94. The number of nitrogens with two attached hydrogens (primary N) is 1. The number of hydrogen-bond acceptors (Lipinski definition) is 3. The molecule has 0 heterocycles. The van der Waals surface area contributed by atoms with E-state index in [1.54, 1.807) is 12.1 Å².